The molecule has 2 heterocycles. The molecule has 2 fully saturated rings. The van der Waals surface area contributed by atoms with Gasteiger partial charge in [-0.05, 0) is 56.5 Å². The van der Waals surface area contributed by atoms with Gasteiger partial charge in [0, 0.05) is 18.2 Å². The highest BCUT2D eigenvalue weighted by Crippen LogP contribution is 2.26. The predicted octanol–water partition coefficient (Wildman–Crippen LogP) is 5.30. The lowest BCUT2D eigenvalue weighted by Gasteiger charge is -2.31. The molecule has 1 saturated heterocycles. The minimum Gasteiger partial charge on any atom is -0.349 e. The van der Waals surface area contributed by atoms with Gasteiger partial charge in [0.15, 0.2) is 0 Å². The lowest BCUT2D eigenvalue weighted by molar-refractivity contribution is -0.121. The predicted molar refractivity (Wildman–Crippen MR) is 142 cm³/mol. The first kappa shape index (κ1) is 25.4. The van der Waals surface area contributed by atoms with Gasteiger partial charge in [-0.15, -0.1) is 0 Å². The van der Waals surface area contributed by atoms with Crippen molar-refractivity contribution in [1.29, 1.82) is 0 Å². The molecule has 2 aromatic carbocycles. The van der Waals surface area contributed by atoms with Crippen LogP contribution in [0, 0.1) is 5.92 Å². The van der Waals surface area contributed by atoms with Crippen LogP contribution in [0.2, 0.25) is 5.02 Å². The van der Waals surface area contributed by atoms with Gasteiger partial charge in [-0.3, -0.25) is 14.5 Å². The van der Waals surface area contributed by atoms with E-state index in [1.54, 1.807) is 18.2 Å². The molecule has 8 nitrogen and oxygen atoms in total. The molecule has 1 unspecified atom stereocenters. The minimum absolute atomic E-state index is 0.0788. The number of para-hydroxylation sites is 1. The third-order valence-electron chi connectivity index (χ3n) is 7.19. The van der Waals surface area contributed by atoms with Gasteiger partial charge in [-0.1, -0.05) is 60.3 Å². The smallest absolute Gasteiger partial charge is 0.253 e. The topological polar surface area (TPSA) is 100 Å². The summed E-state index contributed by atoms with van der Waals surface area (Å²) < 4.78 is 5.47. The van der Waals surface area contributed by atoms with E-state index in [0.29, 0.717) is 41.1 Å². The number of carbonyl (C=O) groups excluding carboxylic acids is 2. The van der Waals surface area contributed by atoms with Crippen molar-refractivity contribution >= 4 is 29.1 Å². The Morgan fingerprint density at radius 3 is 2.62 bits per heavy atom. The summed E-state index contributed by atoms with van der Waals surface area (Å²) in [5.74, 6) is 0.536. The molecule has 2 N–H and O–H groups in total. The fourth-order valence-corrected chi connectivity index (χ4v) is 5.43. The number of carbonyl (C=O) groups is 2. The highest BCUT2D eigenvalue weighted by atomic mass is 35.5. The number of piperidine rings is 1. The highest BCUT2D eigenvalue weighted by Gasteiger charge is 2.28. The molecule has 0 bridgehead atoms. The van der Waals surface area contributed by atoms with Crippen LogP contribution in [0.1, 0.15) is 61.2 Å². The largest absolute Gasteiger partial charge is 0.349 e. The van der Waals surface area contributed by atoms with Crippen LogP contribution in [-0.2, 0) is 11.3 Å². The van der Waals surface area contributed by atoms with Gasteiger partial charge in [0.05, 0.1) is 28.7 Å². The number of nitrogens with one attached hydrogen (secondary N) is 2. The molecular weight excluding hydrogens is 490 g/mol. The van der Waals surface area contributed by atoms with Crippen LogP contribution >= 0.6 is 11.6 Å². The van der Waals surface area contributed by atoms with Crippen molar-refractivity contribution in [3.8, 4) is 11.4 Å². The maximum atomic E-state index is 13.2. The molecular formula is C28H32ClN5O3. The summed E-state index contributed by atoms with van der Waals surface area (Å²) >= 11 is 6.26. The van der Waals surface area contributed by atoms with Crippen molar-refractivity contribution in [1.82, 2.24) is 20.4 Å². The number of anilines is 1. The zero-order valence-electron chi connectivity index (χ0n) is 20.8. The van der Waals surface area contributed by atoms with Crippen LogP contribution in [0.4, 0.5) is 5.69 Å². The van der Waals surface area contributed by atoms with Gasteiger partial charge in [-0.2, -0.15) is 4.98 Å². The van der Waals surface area contributed by atoms with E-state index in [2.05, 4.69) is 25.7 Å². The molecule has 194 valence electrons. The number of amides is 2. The number of halogens is 1. The van der Waals surface area contributed by atoms with Crippen LogP contribution < -0.4 is 10.6 Å². The molecule has 1 aliphatic carbocycles. The van der Waals surface area contributed by atoms with Gasteiger partial charge >= 0.3 is 0 Å². The average Bonchev–Trinajstić information content (AvgIpc) is 3.38. The van der Waals surface area contributed by atoms with Gasteiger partial charge in [0.1, 0.15) is 0 Å². The maximum absolute atomic E-state index is 13.2. The summed E-state index contributed by atoms with van der Waals surface area (Å²) in [5, 5.41) is 10.8. The van der Waals surface area contributed by atoms with Gasteiger partial charge in [-0.25, -0.2) is 0 Å². The second kappa shape index (κ2) is 11.9. The van der Waals surface area contributed by atoms with Crippen molar-refractivity contribution in [2.24, 2.45) is 5.92 Å². The summed E-state index contributed by atoms with van der Waals surface area (Å²) in [5.41, 5.74) is 1.78. The maximum Gasteiger partial charge on any atom is 0.253 e. The number of rotatable bonds is 7. The zero-order chi connectivity index (χ0) is 25.6. The van der Waals surface area contributed by atoms with Crippen molar-refractivity contribution < 1.29 is 14.1 Å². The van der Waals surface area contributed by atoms with E-state index < -0.39 is 0 Å². The second-order valence-electron chi connectivity index (χ2n) is 9.91. The highest BCUT2D eigenvalue weighted by molar-refractivity contribution is 6.33. The Hall–Kier alpha value is -3.23. The number of aromatic nitrogens is 2. The average molecular weight is 522 g/mol. The van der Waals surface area contributed by atoms with Crippen LogP contribution in [0.25, 0.3) is 11.4 Å². The van der Waals surface area contributed by atoms with E-state index >= 15 is 0 Å². The normalized spacial score (nSPS) is 18.9. The molecule has 1 saturated carbocycles. The van der Waals surface area contributed by atoms with E-state index in [-0.39, 0.29) is 23.8 Å². The fraction of sp³-hybridized carbons (Fsp3) is 0.429. The Morgan fingerprint density at radius 2 is 1.78 bits per heavy atom. The third-order valence-corrected chi connectivity index (χ3v) is 7.52. The third kappa shape index (κ3) is 6.37. The monoisotopic (exact) mass is 521 g/mol. The van der Waals surface area contributed by atoms with Crippen LogP contribution in [-0.4, -0.2) is 46.0 Å². The quantitative estimate of drug-likeness (QED) is 0.437. The molecule has 1 aromatic heterocycles. The van der Waals surface area contributed by atoms with E-state index in [4.69, 9.17) is 16.1 Å². The van der Waals surface area contributed by atoms with Crippen molar-refractivity contribution in [3.63, 3.8) is 0 Å². The first-order valence-electron chi connectivity index (χ1n) is 13.1. The number of hydrogen-bond donors (Lipinski definition) is 2. The first-order valence-corrected chi connectivity index (χ1v) is 13.4. The second-order valence-corrected chi connectivity index (χ2v) is 10.3. The Bertz CT molecular complexity index is 1240. The Labute approximate surface area is 221 Å². The molecule has 3 aromatic rings. The standard InChI is InChI=1S/C28H32ClN5O3/c29-23-14-6-4-12-21(23)26-32-25(37-33-26)18-34-16-8-9-19(17-34)27(35)31-24-15-7-5-13-22(24)28(36)30-20-10-2-1-3-11-20/h4-7,12-15,19-20H,1-3,8-11,16-18H2,(H,30,36)(H,31,35). The first-order chi connectivity index (χ1) is 18.1. The van der Waals surface area contributed by atoms with Crippen molar-refractivity contribution in [2.75, 3.05) is 18.4 Å². The van der Waals surface area contributed by atoms with E-state index in [9.17, 15) is 9.59 Å². The SMILES string of the molecule is O=C(NC1CCCCC1)c1ccccc1NC(=O)C1CCCN(Cc2nc(-c3ccccc3Cl)no2)C1. The number of benzene rings is 2. The van der Waals surface area contributed by atoms with Gasteiger partial charge in [0.2, 0.25) is 17.6 Å². The fourth-order valence-electron chi connectivity index (χ4n) is 5.21. The van der Waals surface area contributed by atoms with E-state index in [1.165, 1.54) is 6.42 Å². The van der Waals surface area contributed by atoms with Crippen LogP contribution in [0.3, 0.4) is 0 Å². The molecule has 1 atom stereocenters. The molecule has 0 radical (unpaired) electrons. The molecule has 0 spiro atoms. The van der Waals surface area contributed by atoms with Crippen LogP contribution in [0.15, 0.2) is 53.1 Å². The van der Waals surface area contributed by atoms with Gasteiger partial charge in [0.25, 0.3) is 5.91 Å². The summed E-state index contributed by atoms with van der Waals surface area (Å²) in [7, 11) is 0. The Morgan fingerprint density at radius 1 is 1.00 bits per heavy atom. The summed E-state index contributed by atoms with van der Waals surface area (Å²) in [6.45, 7) is 1.88. The Balaban J connectivity index is 1.19. The van der Waals surface area contributed by atoms with E-state index in [1.807, 2.05) is 30.3 Å². The molecule has 5 rings (SSSR count). The molecule has 2 aliphatic rings. The molecule has 9 heteroatoms. The molecule has 1 aliphatic heterocycles. The molecule has 2 amide bonds. The van der Waals surface area contributed by atoms with Gasteiger partial charge < -0.3 is 15.2 Å². The lowest BCUT2D eigenvalue weighted by atomic mass is 9.95. The summed E-state index contributed by atoms with van der Waals surface area (Å²) in [6.07, 6.45) is 7.21. The number of likely N-dealkylation sites (tertiary alicyclic amines) is 1. The van der Waals surface area contributed by atoms with Crippen LogP contribution in [0.5, 0.6) is 0 Å². The molecule has 37 heavy (non-hydrogen) atoms. The number of hydrogen-bond acceptors (Lipinski definition) is 6. The lowest BCUT2D eigenvalue weighted by Crippen LogP contribution is -2.40. The van der Waals surface area contributed by atoms with E-state index in [0.717, 1.165) is 50.6 Å². The van der Waals surface area contributed by atoms with Crippen molar-refractivity contribution in [3.05, 3.63) is 65.0 Å². The summed E-state index contributed by atoms with van der Waals surface area (Å²) in [6, 6.07) is 14.8. The Kier molecular flexibility index (Phi) is 8.16. The zero-order valence-corrected chi connectivity index (χ0v) is 21.5. The van der Waals surface area contributed by atoms with Crippen molar-refractivity contribution in [2.45, 2.75) is 57.5 Å². The number of nitrogens with zero attached hydrogens (tertiary/aromatic N) is 3. The minimum atomic E-state index is -0.200. The summed E-state index contributed by atoms with van der Waals surface area (Å²) in [4.78, 5) is 32.8.